The lowest BCUT2D eigenvalue weighted by atomic mass is 9.81. The van der Waals surface area contributed by atoms with Crippen molar-refractivity contribution in [2.75, 3.05) is 0 Å². The van der Waals surface area contributed by atoms with Crippen LogP contribution < -0.4 is 5.73 Å². The Morgan fingerprint density at radius 1 is 0.950 bits per heavy atom. The number of rotatable bonds is 3. The van der Waals surface area contributed by atoms with Crippen LogP contribution in [0.2, 0.25) is 0 Å². The highest BCUT2D eigenvalue weighted by Gasteiger charge is 2.27. The Morgan fingerprint density at radius 2 is 1.75 bits per heavy atom. The van der Waals surface area contributed by atoms with E-state index in [4.69, 9.17) is 5.73 Å². The molecule has 1 atom stereocenters. The van der Waals surface area contributed by atoms with Crippen LogP contribution in [0.25, 0.3) is 10.9 Å². The number of pyridine rings is 1. The Kier molecular flexibility index (Phi) is 3.25. The number of hydrogen-bond acceptors (Lipinski definition) is 2. The molecule has 0 spiro atoms. The lowest BCUT2D eigenvalue weighted by Gasteiger charge is -2.29. The Labute approximate surface area is 119 Å². The summed E-state index contributed by atoms with van der Waals surface area (Å²) < 4.78 is 0. The summed E-state index contributed by atoms with van der Waals surface area (Å²) in [6.45, 7) is 2.12. The fraction of sp³-hybridized carbons (Fsp3) is 0.167. The van der Waals surface area contributed by atoms with Crippen molar-refractivity contribution in [3.63, 3.8) is 0 Å². The first-order chi connectivity index (χ1) is 9.74. The zero-order valence-electron chi connectivity index (χ0n) is 11.6. The van der Waals surface area contributed by atoms with Crippen molar-refractivity contribution in [2.45, 2.75) is 18.9 Å². The van der Waals surface area contributed by atoms with Crippen molar-refractivity contribution in [2.24, 2.45) is 5.73 Å². The molecule has 0 saturated carbocycles. The molecule has 100 valence electrons. The van der Waals surface area contributed by atoms with Crippen LogP contribution in [-0.2, 0) is 5.54 Å². The summed E-state index contributed by atoms with van der Waals surface area (Å²) in [6, 6.07) is 20.6. The first-order valence-corrected chi connectivity index (χ1v) is 6.94. The van der Waals surface area contributed by atoms with Gasteiger partial charge >= 0.3 is 0 Å². The van der Waals surface area contributed by atoms with Crippen molar-refractivity contribution in [3.8, 4) is 0 Å². The van der Waals surface area contributed by atoms with E-state index in [1.807, 2.05) is 30.5 Å². The summed E-state index contributed by atoms with van der Waals surface area (Å²) in [5.41, 5.74) is 9.47. The van der Waals surface area contributed by atoms with Crippen LogP contribution in [-0.4, -0.2) is 4.98 Å². The molecule has 1 heterocycles. The summed E-state index contributed by atoms with van der Waals surface area (Å²) in [5.74, 6) is 0. The third-order valence-electron chi connectivity index (χ3n) is 3.97. The van der Waals surface area contributed by atoms with Gasteiger partial charge in [0.2, 0.25) is 0 Å². The highest BCUT2D eigenvalue weighted by atomic mass is 14.7. The molecule has 2 heteroatoms. The number of hydrogen-bond donors (Lipinski definition) is 1. The number of benzene rings is 2. The van der Waals surface area contributed by atoms with Gasteiger partial charge in [0.25, 0.3) is 0 Å². The number of fused-ring (bicyclic) bond motifs is 1. The van der Waals surface area contributed by atoms with E-state index >= 15 is 0 Å². The Hall–Kier alpha value is -2.19. The fourth-order valence-corrected chi connectivity index (χ4v) is 2.65. The largest absolute Gasteiger partial charge is 0.318 e. The van der Waals surface area contributed by atoms with Gasteiger partial charge < -0.3 is 5.73 Å². The second kappa shape index (κ2) is 5.06. The highest BCUT2D eigenvalue weighted by Crippen LogP contribution is 2.31. The minimum absolute atomic E-state index is 0.465. The van der Waals surface area contributed by atoms with E-state index in [0.29, 0.717) is 0 Å². The van der Waals surface area contributed by atoms with Crippen LogP contribution in [0.3, 0.4) is 0 Å². The van der Waals surface area contributed by atoms with Crippen molar-refractivity contribution in [1.82, 2.24) is 4.98 Å². The summed E-state index contributed by atoms with van der Waals surface area (Å²) in [6.07, 6.45) is 2.66. The molecule has 0 aliphatic carbocycles. The van der Waals surface area contributed by atoms with Crippen LogP contribution in [0.4, 0.5) is 0 Å². The van der Waals surface area contributed by atoms with Crippen molar-refractivity contribution < 1.29 is 0 Å². The molecule has 0 aliphatic rings. The quantitative estimate of drug-likeness (QED) is 0.778. The summed E-state index contributed by atoms with van der Waals surface area (Å²) in [5, 5.41) is 1.14. The zero-order valence-corrected chi connectivity index (χ0v) is 11.6. The van der Waals surface area contributed by atoms with Gasteiger partial charge in [0.15, 0.2) is 0 Å². The van der Waals surface area contributed by atoms with Gasteiger partial charge in [0, 0.05) is 11.6 Å². The van der Waals surface area contributed by atoms with Gasteiger partial charge in [-0.25, -0.2) is 0 Å². The van der Waals surface area contributed by atoms with E-state index in [1.54, 1.807) is 0 Å². The van der Waals surface area contributed by atoms with Crippen LogP contribution in [0.5, 0.6) is 0 Å². The topological polar surface area (TPSA) is 38.9 Å². The number of aromatic nitrogens is 1. The van der Waals surface area contributed by atoms with Gasteiger partial charge in [-0.1, -0.05) is 55.5 Å². The molecule has 1 aromatic heterocycles. The molecule has 0 radical (unpaired) electrons. The minimum atomic E-state index is -0.465. The first kappa shape index (κ1) is 12.8. The zero-order chi connectivity index (χ0) is 14.0. The normalized spacial score (nSPS) is 14.1. The number of nitrogens with zero attached hydrogens (tertiary/aromatic N) is 1. The molecule has 3 aromatic rings. The Morgan fingerprint density at radius 3 is 2.50 bits per heavy atom. The van der Waals surface area contributed by atoms with Gasteiger partial charge in [-0.05, 0) is 29.7 Å². The number of nitrogens with two attached hydrogens (primary N) is 1. The molecule has 0 aliphatic heterocycles. The second-order valence-electron chi connectivity index (χ2n) is 5.10. The second-order valence-corrected chi connectivity index (χ2v) is 5.10. The maximum absolute atomic E-state index is 6.70. The van der Waals surface area contributed by atoms with Gasteiger partial charge in [-0.3, -0.25) is 4.98 Å². The molecule has 0 bridgehead atoms. The van der Waals surface area contributed by atoms with E-state index in [0.717, 1.165) is 28.5 Å². The lowest BCUT2D eigenvalue weighted by Crippen LogP contribution is -2.37. The molecule has 2 N–H and O–H groups in total. The summed E-state index contributed by atoms with van der Waals surface area (Å²) >= 11 is 0. The predicted octanol–water partition coefficient (Wildman–Crippen LogP) is 3.85. The average Bonchev–Trinajstić information content (AvgIpc) is 2.54. The van der Waals surface area contributed by atoms with Gasteiger partial charge in [0.1, 0.15) is 0 Å². The standard InChI is InChI=1S/C18H18N2/c1-2-18(19,15-8-4-3-5-9-15)16-11-10-14-7-6-12-20-17(14)13-16/h3-13H,2,19H2,1H3. The molecule has 2 aromatic carbocycles. The van der Waals surface area contributed by atoms with Crippen LogP contribution in [0.1, 0.15) is 24.5 Å². The Balaban J connectivity index is 2.16. The predicted molar refractivity (Wildman–Crippen MR) is 83.4 cm³/mol. The monoisotopic (exact) mass is 262 g/mol. The van der Waals surface area contributed by atoms with Crippen molar-refractivity contribution in [1.29, 1.82) is 0 Å². The third-order valence-corrected chi connectivity index (χ3v) is 3.97. The average molecular weight is 262 g/mol. The molecule has 3 rings (SSSR count). The molecular formula is C18H18N2. The Bertz CT molecular complexity index is 722. The third kappa shape index (κ3) is 2.08. The molecule has 2 nitrogen and oxygen atoms in total. The van der Waals surface area contributed by atoms with Crippen molar-refractivity contribution in [3.05, 3.63) is 78.0 Å². The molecule has 1 unspecified atom stereocenters. The summed E-state index contributed by atoms with van der Waals surface area (Å²) in [7, 11) is 0. The molecular weight excluding hydrogens is 244 g/mol. The van der Waals surface area contributed by atoms with E-state index in [9.17, 15) is 0 Å². The van der Waals surface area contributed by atoms with E-state index < -0.39 is 5.54 Å². The fourth-order valence-electron chi connectivity index (χ4n) is 2.65. The summed E-state index contributed by atoms with van der Waals surface area (Å²) in [4.78, 5) is 4.43. The SMILES string of the molecule is CCC(N)(c1ccccc1)c1ccc2cccnc2c1. The molecule has 20 heavy (non-hydrogen) atoms. The first-order valence-electron chi connectivity index (χ1n) is 6.94. The van der Waals surface area contributed by atoms with E-state index in [-0.39, 0.29) is 0 Å². The maximum Gasteiger partial charge on any atom is 0.0705 e. The van der Waals surface area contributed by atoms with Gasteiger partial charge in [0.05, 0.1) is 11.1 Å². The highest BCUT2D eigenvalue weighted by molar-refractivity contribution is 5.79. The van der Waals surface area contributed by atoms with Crippen molar-refractivity contribution >= 4 is 10.9 Å². The van der Waals surface area contributed by atoms with Crippen LogP contribution in [0, 0.1) is 0 Å². The van der Waals surface area contributed by atoms with E-state index in [1.165, 1.54) is 0 Å². The maximum atomic E-state index is 6.70. The lowest BCUT2D eigenvalue weighted by molar-refractivity contribution is 0.519. The molecule has 0 amide bonds. The van der Waals surface area contributed by atoms with E-state index in [2.05, 4.69) is 48.3 Å². The molecule has 0 fully saturated rings. The smallest absolute Gasteiger partial charge is 0.0705 e. The van der Waals surface area contributed by atoms with Crippen LogP contribution >= 0.6 is 0 Å². The van der Waals surface area contributed by atoms with Crippen LogP contribution in [0.15, 0.2) is 66.9 Å². The van der Waals surface area contributed by atoms with Gasteiger partial charge in [-0.15, -0.1) is 0 Å². The minimum Gasteiger partial charge on any atom is -0.318 e. The van der Waals surface area contributed by atoms with Gasteiger partial charge in [-0.2, -0.15) is 0 Å². The molecule has 0 saturated heterocycles.